The van der Waals surface area contributed by atoms with E-state index in [1.54, 1.807) is 6.92 Å². The minimum absolute atomic E-state index is 0.0495. The van der Waals surface area contributed by atoms with E-state index in [-0.39, 0.29) is 46.5 Å². The Balaban J connectivity index is 1.54. The molecule has 0 spiro atoms. The standard InChI is InChI=1S/C17H18N10O5S3/c1-2-32-25-8(11-24-17(20)35-26-11)12(28)23-9-13(29)27-10(15(30)31)5(4-33-14(9)27)34-7-3-6(18)21-16(19)22-7/h3,9,14H,2,4H2,1H3,(H,23,28)(H,30,31)(H2,20,24,26)(H4,18,19,21,22)/b25-8+/t9?,14-/m1/s1. The van der Waals surface area contributed by atoms with Gasteiger partial charge < -0.3 is 32.5 Å². The van der Waals surface area contributed by atoms with Crippen molar-refractivity contribution in [2.45, 2.75) is 23.4 Å². The maximum absolute atomic E-state index is 12.9. The zero-order valence-electron chi connectivity index (χ0n) is 17.9. The summed E-state index contributed by atoms with van der Waals surface area (Å²) in [5.41, 5.74) is 16.4. The maximum atomic E-state index is 12.9. The van der Waals surface area contributed by atoms with Crippen LogP contribution in [0.3, 0.4) is 0 Å². The number of nitrogens with two attached hydrogens (primary N) is 3. The molecule has 2 atom stereocenters. The van der Waals surface area contributed by atoms with Gasteiger partial charge in [-0.2, -0.15) is 14.3 Å². The van der Waals surface area contributed by atoms with Gasteiger partial charge in [0, 0.05) is 28.3 Å². The predicted octanol–water partition coefficient (Wildman–Crippen LogP) is -0.696. The zero-order valence-corrected chi connectivity index (χ0v) is 20.3. The van der Waals surface area contributed by atoms with Crippen LogP contribution < -0.4 is 22.5 Å². The number of nitrogens with zero attached hydrogens (tertiary/aromatic N) is 6. The molecule has 4 heterocycles. The summed E-state index contributed by atoms with van der Waals surface area (Å²) in [6, 6.07) is 0.450. The highest BCUT2D eigenvalue weighted by atomic mass is 32.2. The number of amides is 2. The van der Waals surface area contributed by atoms with Gasteiger partial charge in [-0.1, -0.05) is 16.9 Å². The molecule has 0 saturated carbocycles. The molecule has 18 heteroatoms. The third-order valence-corrected chi connectivity index (χ3v) is 7.55. The largest absolute Gasteiger partial charge is 0.477 e. The zero-order chi connectivity index (χ0) is 25.3. The third kappa shape index (κ3) is 4.93. The van der Waals surface area contributed by atoms with Crippen LogP contribution in [0.5, 0.6) is 0 Å². The van der Waals surface area contributed by atoms with Gasteiger partial charge in [0.2, 0.25) is 17.5 Å². The number of oxime groups is 1. The number of rotatable bonds is 8. The minimum atomic E-state index is -1.30. The van der Waals surface area contributed by atoms with E-state index in [2.05, 4.69) is 29.8 Å². The Labute approximate surface area is 209 Å². The highest BCUT2D eigenvalue weighted by Crippen LogP contribution is 2.45. The number of thioether (sulfide) groups is 2. The van der Waals surface area contributed by atoms with Gasteiger partial charge in [-0.15, -0.1) is 11.8 Å². The van der Waals surface area contributed by atoms with Crippen LogP contribution in [0, 0.1) is 0 Å². The van der Waals surface area contributed by atoms with Gasteiger partial charge in [-0.3, -0.25) is 14.5 Å². The summed E-state index contributed by atoms with van der Waals surface area (Å²) < 4.78 is 3.96. The third-order valence-electron chi connectivity index (χ3n) is 4.54. The molecule has 4 rings (SSSR count). The quantitative estimate of drug-likeness (QED) is 0.121. The number of nitrogens with one attached hydrogen (secondary N) is 1. The molecule has 184 valence electrons. The van der Waals surface area contributed by atoms with E-state index < -0.39 is 29.2 Å². The molecule has 8 N–H and O–H groups in total. The number of hydrogen-bond acceptors (Lipinski definition) is 15. The molecule has 0 radical (unpaired) electrons. The smallest absolute Gasteiger partial charge is 0.353 e. The van der Waals surface area contributed by atoms with E-state index in [9.17, 15) is 19.5 Å². The summed E-state index contributed by atoms with van der Waals surface area (Å²) in [4.78, 5) is 56.1. The number of nitrogen functional groups attached to an aromatic ring is 3. The summed E-state index contributed by atoms with van der Waals surface area (Å²) >= 11 is 3.17. The average Bonchev–Trinajstić information content (AvgIpc) is 3.22. The lowest BCUT2D eigenvalue weighted by molar-refractivity contribution is -0.150. The van der Waals surface area contributed by atoms with Gasteiger partial charge in [-0.05, 0) is 6.92 Å². The van der Waals surface area contributed by atoms with Gasteiger partial charge in [0.1, 0.15) is 34.6 Å². The molecule has 1 fully saturated rings. The molecule has 0 aliphatic carbocycles. The second kappa shape index (κ2) is 9.92. The van der Waals surface area contributed by atoms with Crippen LogP contribution in [0.2, 0.25) is 0 Å². The van der Waals surface area contributed by atoms with Crippen molar-refractivity contribution < 1.29 is 24.3 Å². The summed E-state index contributed by atoms with van der Waals surface area (Å²) in [5.74, 6) is -2.41. The molecule has 1 saturated heterocycles. The van der Waals surface area contributed by atoms with Crippen molar-refractivity contribution in [1.29, 1.82) is 0 Å². The van der Waals surface area contributed by atoms with Gasteiger partial charge in [0.05, 0.1) is 0 Å². The molecule has 0 aromatic carbocycles. The lowest BCUT2D eigenvalue weighted by Crippen LogP contribution is -2.71. The molecule has 2 aliphatic rings. The number of carboxylic acids is 1. The molecular formula is C17H18N10O5S3. The Morgan fingerprint density at radius 2 is 2.11 bits per heavy atom. The topological polar surface area (TPSA) is 238 Å². The number of carbonyl (C=O) groups is 3. The minimum Gasteiger partial charge on any atom is -0.477 e. The van der Waals surface area contributed by atoms with Crippen molar-refractivity contribution in [2.24, 2.45) is 5.16 Å². The molecule has 2 aliphatic heterocycles. The van der Waals surface area contributed by atoms with Gasteiger partial charge in [-0.25, -0.2) is 9.78 Å². The van der Waals surface area contributed by atoms with Crippen molar-refractivity contribution in [3.8, 4) is 0 Å². The summed E-state index contributed by atoms with van der Waals surface area (Å²) in [5, 5.41) is 16.0. The summed E-state index contributed by atoms with van der Waals surface area (Å²) in [7, 11) is 0. The summed E-state index contributed by atoms with van der Waals surface area (Å²) in [6.45, 7) is 1.86. The van der Waals surface area contributed by atoms with Crippen LogP contribution in [0.15, 0.2) is 26.9 Å². The molecule has 2 aromatic rings. The highest BCUT2D eigenvalue weighted by Gasteiger charge is 2.54. The van der Waals surface area contributed by atoms with E-state index in [4.69, 9.17) is 22.0 Å². The Kier molecular flexibility index (Phi) is 6.94. The van der Waals surface area contributed by atoms with Crippen LogP contribution >= 0.6 is 35.1 Å². The Bertz CT molecular complexity index is 1240. The van der Waals surface area contributed by atoms with Crippen molar-refractivity contribution in [2.75, 3.05) is 29.6 Å². The molecular weight excluding hydrogens is 520 g/mol. The number of hydrogen-bond donors (Lipinski definition) is 5. The fourth-order valence-corrected chi connectivity index (χ4v) is 6.09. The molecule has 35 heavy (non-hydrogen) atoms. The van der Waals surface area contributed by atoms with Crippen molar-refractivity contribution in [3.63, 3.8) is 0 Å². The van der Waals surface area contributed by atoms with E-state index >= 15 is 0 Å². The Hall–Kier alpha value is -3.64. The molecule has 0 bridgehead atoms. The number of aliphatic carboxylic acids is 1. The van der Waals surface area contributed by atoms with Gasteiger partial charge >= 0.3 is 5.97 Å². The van der Waals surface area contributed by atoms with E-state index in [0.717, 1.165) is 28.2 Å². The van der Waals surface area contributed by atoms with Crippen molar-refractivity contribution >= 4 is 75.4 Å². The van der Waals surface area contributed by atoms with E-state index in [0.29, 0.717) is 9.93 Å². The number of anilines is 3. The first-order chi connectivity index (χ1) is 16.7. The number of β-lactam (4-membered cyclic amide) rings is 1. The average molecular weight is 539 g/mol. The van der Waals surface area contributed by atoms with Crippen LogP contribution in [0.1, 0.15) is 12.7 Å². The van der Waals surface area contributed by atoms with Crippen molar-refractivity contribution in [1.82, 2.24) is 29.5 Å². The van der Waals surface area contributed by atoms with Gasteiger partial charge in [0.25, 0.3) is 11.8 Å². The van der Waals surface area contributed by atoms with E-state index in [1.165, 1.54) is 17.8 Å². The maximum Gasteiger partial charge on any atom is 0.353 e. The first-order valence-electron chi connectivity index (χ1n) is 9.79. The Morgan fingerprint density at radius 1 is 1.34 bits per heavy atom. The summed E-state index contributed by atoms with van der Waals surface area (Å²) in [6.07, 6.45) is 0. The van der Waals surface area contributed by atoms with Crippen LogP contribution in [-0.4, -0.2) is 76.6 Å². The normalized spacial score (nSPS) is 19.7. The van der Waals surface area contributed by atoms with Crippen LogP contribution in [0.25, 0.3) is 0 Å². The fraction of sp³-hybridized carbons (Fsp3) is 0.294. The second-order valence-electron chi connectivity index (χ2n) is 6.84. The second-order valence-corrected chi connectivity index (χ2v) is 9.85. The first kappa shape index (κ1) is 24.5. The molecule has 15 nitrogen and oxygen atoms in total. The number of carbonyl (C=O) groups excluding carboxylic acids is 2. The number of carboxylic acid groups (broad SMARTS) is 1. The molecule has 1 unspecified atom stereocenters. The lowest BCUT2D eigenvalue weighted by Gasteiger charge is -2.49. The number of fused-ring (bicyclic) bond motifs is 1. The molecule has 2 aromatic heterocycles. The Morgan fingerprint density at radius 3 is 2.74 bits per heavy atom. The lowest BCUT2D eigenvalue weighted by atomic mass is 10.0. The van der Waals surface area contributed by atoms with Crippen LogP contribution in [0.4, 0.5) is 16.9 Å². The van der Waals surface area contributed by atoms with Crippen LogP contribution in [-0.2, 0) is 19.2 Å². The number of aromatic nitrogens is 4. The fourth-order valence-electron chi connectivity index (χ4n) is 3.16. The van der Waals surface area contributed by atoms with E-state index in [1.807, 2.05) is 0 Å². The van der Waals surface area contributed by atoms with Gasteiger partial charge in [0.15, 0.2) is 5.13 Å². The predicted molar refractivity (Wildman–Crippen MR) is 129 cm³/mol. The highest BCUT2D eigenvalue weighted by molar-refractivity contribution is 8.06. The van der Waals surface area contributed by atoms with Crippen molar-refractivity contribution in [3.05, 3.63) is 22.5 Å². The SMILES string of the molecule is CCO/N=C(/C(=O)NC1C(=O)N2C(C(=O)O)=C(Sc3cc(N)nc(N)n3)CS[C@H]12)c1nsc(N)n1. The first-order valence-corrected chi connectivity index (χ1v) is 12.4. The molecule has 2 amide bonds. The monoisotopic (exact) mass is 538 g/mol.